The number of ether oxygens (including phenoxy) is 1. The predicted molar refractivity (Wildman–Crippen MR) is 129 cm³/mol. The van der Waals surface area contributed by atoms with Gasteiger partial charge in [-0.3, -0.25) is 4.79 Å². The second-order valence-corrected chi connectivity index (χ2v) is 8.64. The Bertz CT molecular complexity index is 1270. The molecule has 2 aromatic carbocycles. The van der Waals surface area contributed by atoms with Gasteiger partial charge in [-0.25, -0.2) is 4.98 Å². The van der Waals surface area contributed by atoms with Crippen LogP contribution in [0, 0.1) is 5.21 Å². The minimum atomic E-state index is -0.229. The lowest BCUT2D eigenvalue weighted by atomic mass is 9.85. The number of rotatable bonds is 8. The smallest absolute Gasteiger partial charge is 0.193 e. The Hall–Kier alpha value is -3.93. The number of nitrogens with zero attached hydrogens (tertiary/aromatic N) is 3. The quantitative estimate of drug-likeness (QED) is 0.288. The van der Waals surface area contributed by atoms with Gasteiger partial charge in [-0.15, -0.1) is 0 Å². The number of carbonyl (C=O) groups is 1. The number of Topliss-reactive ketones (excluding diaryl/α,β-unsaturated/α-hetero) is 1. The lowest BCUT2D eigenvalue weighted by Crippen LogP contribution is -2.31. The highest BCUT2D eigenvalue weighted by Crippen LogP contribution is 2.35. The van der Waals surface area contributed by atoms with E-state index < -0.39 is 0 Å². The molecule has 4 aromatic rings. The number of benzene rings is 2. The highest BCUT2D eigenvalue weighted by Gasteiger charge is 2.25. The van der Waals surface area contributed by atoms with Gasteiger partial charge in [-0.2, -0.15) is 4.73 Å². The van der Waals surface area contributed by atoms with Crippen molar-refractivity contribution in [1.29, 1.82) is 0 Å². The molecule has 0 spiro atoms. The van der Waals surface area contributed by atoms with Crippen molar-refractivity contribution >= 4 is 5.78 Å². The molecule has 6 heteroatoms. The van der Waals surface area contributed by atoms with Crippen molar-refractivity contribution in [3.63, 3.8) is 0 Å². The zero-order valence-corrected chi connectivity index (χ0v) is 19.0. The molecule has 0 radical (unpaired) electrons. The summed E-state index contributed by atoms with van der Waals surface area (Å²) in [7, 11) is 0. The predicted octanol–water partition coefficient (Wildman–Crippen LogP) is 4.64. The number of ketones is 1. The Kier molecular flexibility index (Phi) is 6.38. The summed E-state index contributed by atoms with van der Waals surface area (Å²) in [5.74, 6) is 0.960. The number of hydrogen-bond acceptors (Lipinski definition) is 4. The zero-order chi connectivity index (χ0) is 23.3. The van der Waals surface area contributed by atoms with Gasteiger partial charge in [0.05, 0.1) is 12.9 Å². The van der Waals surface area contributed by atoms with Gasteiger partial charge in [0.2, 0.25) is 0 Å². The van der Waals surface area contributed by atoms with Crippen LogP contribution < -0.4 is 9.47 Å². The van der Waals surface area contributed by atoms with E-state index in [1.54, 1.807) is 18.6 Å². The lowest BCUT2D eigenvalue weighted by molar-refractivity contribution is -0.614. The third-order valence-corrected chi connectivity index (χ3v) is 6.43. The summed E-state index contributed by atoms with van der Waals surface area (Å²) in [5.41, 5.74) is 4.66. The van der Waals surface area contributed by atoms with Gasteiger partial charge in [0.1, 0.15) is 11.9 Å². The highest BCUT2D eigenvalue weighted by molar-refractivity contribution is 5.99. The fraction of sp³-hybridized carbons (Fsp3) is 0.250. The normalized spacial score (nSPS) is 13.9. The summed E-state index contributed by atoms with van der Waals surface area (Å²) in [6.07, 6.45) is 10.2. The summed E-state index contributed by atoms with van der Waals surface area (Å²) >= 11 is 0. The van der Waals surface area contributed by atoms with Crippen LogP contribution in [-0.4, -0.2) is 15.3 Å². The number of imidazole rings is 1. The van der Waals surface area contributed by atoms with Crippen LogP contribution in [0.15, 0.2) is 85.6 Å². The summed E-state index contributed by atoms with van der Waals surface area (Å²) in [6.45, 7) is 0.610. The van der Waals surface area contributed by atoms with Crippen molar-refractivity contribution in [1.82, 2.24) is 9.55 Å². The number of carbonyl (C=O) groups excluding carboxylic acids is 1. The van der Waals surface area contributed by atoms with Crippen LogP contribution in [0.1, 0.15) is 51.7 Å². The zero-order valence-electron chi connectivity index (χ0n) is 19.0. The molecule has 0 N–H and O–H groups in total. The first-order valence-corrected chi connectivity index (χ1v) is 11.7. The first-order valence-electron chi connectivity index (χ1n) is 11.7. The van der Waals surface area contributed by atoms with Crippen LogP contribution in [0.3, 0.4) is 0 Å². The number of aryl methyl sites for hydroxylation is 1. The maximum Gasteiger partial charge on any atom is 0.193 e. The largest absolute Gasteiger partial charge is 0.619 e. The Balaban J connectivity index is 1.51. The van der Waals surface area contributed by atoms with Crippen molar-refractivity contribution in [2.45, 2.75) is 44.8 Å². The van der Waals surface area contributed by atoms with Crippen molar-refractivity contribution in [2.75, 3.05) is 0 Å². The molecular weight excluding hydrogens is 426 g/mol. The molecule has 0 saturated carbocycles. The van der Waals surface area contributed by atoms with Gasteiger partial charge in [-0.1, -0.05) is 36.4 Å². The molecule has 172 valence electrons. The molecule has 0 fully saturated rings. The van der Waals surface area contributed by atoms with Crippen molar-refractivity contribution in [2.24, 2.45) is 0 Å². The minimum Gasteiger partial charge on any atom is -0.619 e. The number of aromatic nitrogens is 3. The average molecular weight is 454 g/mol. The van der Waals surface area contributed by atoms with E-state index in [4.69, 9.17) is 4.74 Å². The second kappa shape index (κ2) is 9.91. The maximum atomic E-state index is 12.6. The molecular formula is C28H27N3O3. The van der Waals surface area contributed by atoms with Gasteiger partial charge >= 0.3 is 0 Å². The van der Waals surface area contributed by atoms with Crippen LogP contribution >= 0.6 is 0 Å². The van der Waals surface area contributed by atoms with E-state index in [1.165, 1.54) is 6.20 Å². The lowest BCUT2D eigenvalue weighted by Gasteiger charge is -2.25. The van der Waals surface area contributed by atoms with E-state index in [0.29, 0.717) is 31.5 Å². The summed E-state index contributed by atoms with van der Waals surface area (Å²) in [4.78, 5) is 16.8. The standard InChI is InChI=1S/C28H27N3O3/c32-26-11-6-10-23-24(26)14-15-27(25(23)13-12-22-9-4-5-17-31(22)33)34-28(19-30-18-16-29-20-30)21-7-2-1-3-8-21/h1-5,7-9,14-18,20,28H,6,10-13,19H2. The van der Waals surface area contributed by atoms with Gasteiger partial charge in [-0.05, 0) is 48.1 Å². The number of hydrogen-bond donors (Lipinski definition) is 0. The molecule has 34 heavy (non-hydrogen) atoms. The average Bonchev–Trinajstić information content (AvgIpc) is 3.38. The van der Waals surface area contributed by atoms with E-state index >= 15 is 0 Å². The van der Waals surface area contributed by atoms with E-state index in [1.807, 2.05) is 53.2 Å². The maximum absolute atomic E-state index is 12.6. The van der Waals surface area contributed by atoms with E-state index in [9.17, 15) is 10.0 Å². The van der Waals surface area contributed by atoms with E-state index in [2.05, 4.69) is 17.1 Å². The molecule has 0 aliphatic heterocycles. The van der Waals surface area contributed by atoms with Crippen molar-refractivity contribution in [3.05, 3.63) is 119 Å². The van der Waals surface area contributed by atoms with Crippen LogP contribution in [-0.2, 0) is 25.8 Å². The molecule has 0 bridgehead atoms. The molecule has 1 unspecified atom stereocenters. The molecule has 2 aromatic heterocycles. The molecule has 0 saturated heterocycles. The summed E-state index contributed by atoms with van der Waals surface area (Å²) < 4.78 is 9.59. The summed E-state index contributed by atoms with van der Waals surface area (Å²) in [5, 5.41) is 12.2. The Morgan fingerprint density at radius 2 is 1.88 bits per heavy atom. The Morgan fingerprint density at radius 3 is 2.68 bits per heavy atom. The number of fused-ring (bicyclic) bond motifs is 1. The summed E-state index contributed by atoms with van der Waals surface area (Å²) in [6, 6.07) is 19.4. The molecule has 1 aliphatic carbocycles. The monoisotopic (exact) mass is 453 g/mol. The first kappa shape index (κ1) is 21.9. The molecule has 2 heterocycles. The van der Waals surface area contributed by atoms with Crippen molar-refractivity contribution in [3.8, 4) is 5.75 Å². The Morgan fingerprint density at radius 1 is 1.03 bits per heavy atom. The van der Waals surface area contributed by atoms with Crippen LogP contribution in [0.4, 0.5) is 0 Å². The third kappa shape index (κ3) is 4.71. The molecule has 5 rings (SSSR count). The second-order valence-electron chi connectivity index (χ2n) is 8.64. The third-order valence-electron chi connectivity index (χ3n) is 6.43. The molecule has 0 amide bonds. The first-order chi connectivity index (χ1) is 16.7. The molecule has 6 nitrogen and oxygen atoms in total. The highest BCUT2D eigenvalue weighted by atomic mass is 16.5. The van der Waals surface area contributed by atoms with Crippen LogP contribution in [0.25, 0.3) is 0 Å². The fourth-order valence-corrected chi connectivity index (χ4v) is 4.69. The van der Waals surface area contributed by atoms with E-state index in [0.717, 1.165) is 45.6 Å². The number of pyridine rings is 1. The van der Waals surface area contributed by atoms with Crippen LogP contribution in [0.2, 0.25) is 0 Å². The van der Waals surface area contributed by atoms with Crippen molar-refractivity contribution < 1.29 is 14.3 Å². The van der Waals surface area contributed by atoms with Crippen LogP contribution in [0.5, 0.6) is 5.75 Å². The molecule has 1 atom stereocenters. The minimum absolute atomic E-state index is 0.186. The molecule has 1 aliphatic rings. The van der Waals surface area contributed by atoms with E-state index in [-0.39, 0.29) is 11.9 Å². The van der Waals surface area contributed by atoms with Gasteiger partial charge < -0.3 is 14.5 Å². The van der Waals surface area contributed by atoms with Gasteiger partial charge in [0, 0.05) is 42.9 Å². The fourth-order valence-electron chi connectivity index (χ4n) is 4.69. The van der Waals surface area contributed by atoms with Gasteiger partial charge in [0.25, 0.3) is 0 Å². The topological polar surface area (TPSA) is 71.1 Å². The van der Waals surface area contributed by atoms with Gasteiger partial charge in [0.15, 0.2) is 17.7 Å². The SMILES string of the molecule is O=C1CCCc2c1ccc(OC(Cn1ccnc1)c1ccccc1)c2CCc1cccc[n+]1[O-]. The Labute approximate surface area is 199 Å².